The van der Waals surface area contributed by atoms with E-state index in [0.717, 1.165) is 0 Å². The number of nitriles is 1. The average molecular weight is 236 g/mol. The first-order chi connectivity index (χ1) is 7.99. The van der Waals surface area contributed by atoms with Crippen molar-refractivity contribution in [3.8, 4) is 11.8 Å². The van der Waals surface area contributed by atoms with E-state index in [1.54, 1.807) is 26.1 Å². The number of rotatable bonds is 5. The van der Waals surface area contributed by atoms with Gasteiger partial charge in [0, 0.05) is 12.5 Å². The van der Waals surface area contributed by atoms with Crippen LogP contribution in [0.25, 0.3) is 0 Å². The van der Waals surface area contributed by atoms with Gasteiger partial charge >= 0.3 is 0 Å². The normalized spacial score (nSPS) is 15.7. The smallest absolute Gasteiger partial charge is 0.126 e. The summed E-state index contributed by atoms with van der Waals surface area (Å²) in [5.41, 5.74) is -0.632. The first-order valence-corrected chi connectivity index (χ1v) is 5.51. The Bertz CT molecular complexity index is 416. The molecule has 0 fully saturated rings. The van der Waals surface area contributed by atoms with Gasteiger partial charge in [0.2, 0.25) is 0 Å². The van der Waals surface area contributed by atoms with Crippen molar-refractivity contribution in [1.29, 1.82) is 5.26 Å². The van der Waals surface area contributed by atoms with Gasteiger partial charge in [0.25, 0.3) is 0 Å². The van der Waals surface area contributed by atoms with Gasteiger partial charge in [-0.25, -0.2) is 4.39 Å². The molecule has 17 heavy (non-hydrogen) atoms. The van der Waals surface area contributed by atoms with Crippen molar-refractivity contribution in [1.82, 2.24) is 5.32 Å². The first kappa shape index (κ1) is 13.5. The largest absolute Gasteiger partial charge is 0.491 e. The van der Waals surface area contributed by atoms with Crippen LogP contribution in [0.1, 0.15) is 20.3 Å². The lowest BCUT2D eigenvalue weighted by Crippen LogP contribution is -2.41. The molecule has 0 heterocycles. The summed E-state index contributed by atoms with van der Waals surface area (Å²) in [6.07, 6.45) is 0.352. The van der Waals surface area contributed by atoms with Crippen LogP contribution >= 0.6 is 0 Å². The number of nitrogens with one attached hydrogen (secondary N) is 1. The Morgan fingerprint density at radius 3 is 2.82 bits per heavy atom. The molecule has 0 bridgehead atoms. The Kier molecular flexibility index (Phi) is 4.47. The summed E-state index contributed by atoms with van der Waals surface area (Å²) in [7, 11) is 1.73. The standard InChI is InChI=1S/C13H17FN2O/c1-10(8-13(2,9-15)16-3)17-12-6-4-5-11(14)7-12/h4-7,10,16H,8H2,1-3H3. The van der Waals surface area contributed by atoms with Crippen LogP contribution in [0.4, 0.5) is 4.39 Å². The van der Waals surface area contributed by atoms with Crippen LogP contribution in [0, 0.1) is 17.1 Å². The van der Waals surface area contributed by atoms with Gasteiger partial charge in [0.1, 0.15) is 17.1 Å². The van der Waals surface area contributed by atoms with E-state index in [4.69, 9.17) is 10.00 Å². The second kappa shape index (κ2) is 5.65. The highest BCUT2D eigenvalue weighted by atomic mass is 19.1. The van der Waals surface area contributed by atoms with Crippen LogP contribution in [-0.4, -0.2) is 18.7 Å². The predicted molar refractivity (Wildman–Crippen MR) is 64.2 cm³/mol. The van der Waals surface area contributed by atoms with Gasteiger partial charge in [-0.15, -0.1) is 0 Å². The van der Waals surface area contributed by atoms with Crippen LogP contribution in [0.15, 0.2) is 24.3 Å². The summed E-state index contributed by atoms with van der Waals surface area (Å²) in [6, 6.07) is 8.18. The van der Waals surface area contributed by atoms with E-state index in [1.807, 2.05) is 6.92 Å². The molecule has 1 aromatic rings. The molecule has 2 atom stereocenters. The highest BCUT2D eigenvalue weighted by Gasteiger charge is 2.25. The van der Waals surface area contributed by atoms with E-state index in [9.17, 15) is 4.39 Å². The van der Waals surface area contributed by atoms with Crippen LogP contribution < -0.4 is 10.1 Å². The van der Waals surface area contributed by atoms with Gasteiger partial charge in [-0.3, -0.25) is 0 Å². The number of ether oxygens (including phenoxy) is 1. The average Bonchev–Trinajstić information content (AvgIpc) is 2.28. The molecule has 0 amide bonds. The molecule has 92 valence electrons. The third-order valence-electron chi connectivity index (χ3n) is 2.63. The molecule has 1 rings (SSSR count). The third-order valence-corrected chi connectivity index (χ3v) is 2.63. The molecule has 0 radical (unpaired) electrons. The highest BCUT2D eigenvalue weighted by Crippen LogP contribution is 2.18. The molecule has 0 aliphatic rings. The topological polar surface area (TPSA) is 45.0 Å². The SMILES string of the molecule is CNC(C)(C#N)CC(C)Oc1cccc(F)c1. The Labute approximate surface area is 101 Å². The van der Waals surface area contributed by atoms with Crippen molar-refractivity contribution in [3.63, 3.8) is 0 Å². The molecule has 4 heteroatoms. The first-order valence-electron chi connectivity index (χ1n) is 5.51. The number of nitrogens with zero attached hydrogens (tertiary/aromatic N) is 1. The molecule has 1 aromatic carbocycles. The van der Waals surface area contributed by atoms with Crippen molar-refractivity contribution >= 4 is 0 Å². The zero-order valence-electron chi connectivity index (χ0n) is 10.3. The van der Waals surface area contributed by atoms with E-state index in [0.29, 0.717) is 12.2 Å². The lowest BCUT2D eigenvalue weighted by Gasteiger charge is -2.25. The van der Waals surface area contributed by atoms with Gasteiger partial charge in [-0.2, -0.15) is 5.26 Å². The molecule has 0 aliphatic heterocycles. The number of hydrogen-bond acceptors (Lipinski definition) is 3. The van der Waals surface area contributed by atoms with Crippen molar-refractivity contribution in [2.75, 3.05) is 7.05 Å². The zero-order chi connectivity index (χ0) is 12.9. The van der Waals surface area contributed by atoms with E-state index in [2.05, 4.69) is 11.4 Å². The van der Waals surface area contributed by atoms with E-state index < -0.39 is 5.54 Å². The Morgan fingerprint density at radius 1 is 1.59 bits per heavy atom. The minimum absolute atomic E-state index is 0.172. The maximum Gasteiger partial charge on any atom is 0.126 e. The molecule has 2 unspecified atom stereocenters. The molecule has 0 spiro atoms. The lowest BCUT2D eigenvalue weighted by atomic mass is 9.97. The second-order valence-corrected chi connectivity index (χ2v) is 4.28. The van der Waals surface area contributed by atoms with E-state index in [-0.39, 0.29) is 11.9 Å². The number of benzene rings is 1. The highest BCUT2D eigenvalue weighted by molar-refractivity contribution is 5.22. The minimum Gasteiger partial charge on any atom is -0.491 e. The van der Waals surface area contributed by atoms with E-state index >= 15 is 0 Å². The molecule has 0 aromatic heterocycles. The maximum absolute atomic E-state index is 12.9. The van der Waals surface area contributed by atoms with Crippen LogP contribution in [-0.2, 0) is 0 Å². The molecular weight excluding hydrogens is 219 g/mol. The summed E-state index contributed by atoms with van der Waals surface area (Å²) in [6.45, 7) is 3.66. The lowest BCUT2D eigenvalue weighted by molar-refractivity contribution is 0.182. The van der Waals surface area contributed by atoms with Crippen LogP contribution in [0.3, 0.4) is 0 Å². The fraction of sp³-hybridized carbons (Fsp3) is 0.462. The Morgan fingerprint density at radius 2 is 2.29 bits per heavy atom. The monoisotopic (exact) mass is 236 g/mol. The summed E-state index contributed by atoms with van der Waals surface area (Å²) >= 11 is 0. The quantitative estimate of drug-likeness (QED) is 0.854. The zero-order valence-corrected chi connectivity index (χ0v) is 10.3. The van der Waals surface area contributed by atoms with Crippen LogP contribution in [0.2, 0.25) is 0 Å². The van der Waals surface area contributed by atoms with Crippen molar-refractivity contribution in [2.24, 2.45) is 0 Å². The molecule has 3 nitrogen and oxygen atoms in total. The second-order valence-electron chi connectivity index (χ2n) is 4.28. The fourth-order valence-corrected chi connectivity index (χ4v) is 1.59. The van der Waals surface area contributed by atoms with Gasteiger partial charge in [0.15, 0.2) is 0 Å². The Hall–Kier alpha value is -1.60. The third kappa shape index (κ3) is 4.04. The van der Waals surface area contributed by atoms with Crippen molar-refractivity contribution < 1.29 is 9.13 Å². The maximum atomic E-state index is 12.9. The summed E-state index contributed by atoms with van der Waals surface area (Å²) < 4.78 is 18.5. The number of hydrogen-bond donors (Lipinski definition) is 1. The predicted octanol–water partition coefficient (Wildman–Crippen LogP) is 2.48. The summed E-state index contributed by atoms with van der Waals surface area (Å²) in [5.74, 6) is 0.153. The van der Waals surface area contributed by atoms with Crippen molar-refractivity contribution in [2.45, 2.75) is 31.9 Å². The summed E-state index contributed by atoms with van der Waals surface area (Å²) in [5, 5.41) is 12.0. The molecule has 0 saturated heterocycles. The fourth-order valence-electron chi connectivity index (χ4n) is 1.59. The Balaban J connectivity index is 2.62. The molecule has 1 N–H and O–H groups in total. The summed E-state index contributed by atoms with van der Waals surface area (Å²) in [4.78, 5) is 0. The molecular formula is C13H17FN2O. The molecule has 0 aliphatic carbocycles. The number of halogens is 1. The van der Waals surface area contributed by atoms with Gasteiger partial charge in [-0.1, -0.05) is 6.07 Å². The minimum atomic E-state index is -0.632. The van der Waals surface area contributed by atoms with Gasteiger partial charge in [0.05, 0.1) is 12.2 Å². The van der Waals surface area contributed by atoms with E-state index in [1.165, 1.54) is 12.1 Å². The van der Waals surface area contributed by atoms with Crippen molar-refractivity contribution in [3.05, 3.63) is 30.1 Å². The van der Waals surface area contributed by atoms with Gasteiger partial charge in [-0.05, 0) is 33.0 Å². The van der Waals surface area contributed by atoms with Gasteiger partial charge < -0.3 is 10.1 Å². The van der Waals surface area contributed by atoms with Crippen LogP contribution in [0.5, 0.6) is 5.75 Å². The molecule has 0 saturated carbocycles.